The number of aromatic nitrogens is 4. The Morgan fingerprint density at radius 1 is 1.26 bits per heavy atom. The molecule has 10 nitrogen and oxygen atoms in total. The van der Waals surface area contributed by atoms with E-state index < -0.39 is 28.1 Å². The summed E-state index contributed by atoms with van der Waals surface area (Å²) in [6, 6.07) is 6.33. The Kier molecular flexibility index (Phi) is 7.90. The first kappa shape index (κ1) is 24.8. The molecule has 2 aromatic heterocycles. The number of hydrogen-bond acceptors (Lipinski definition) is 6. The molecule has 34 heavy (non-hydrogen) atoms. The monoisotopic (exact) mass is 471 g/mol. The van der Waals surface area contributed by atoms with Crippen LogP contribution in [0.1, 0.15) is 49.7 Å². The Hall–Kier alpha value is -3.86. The summed E-state index contributed by atoms with van der Waals surface area (Å²) in [4.78, 5) is 37.0. The van der Waals surface area contributed by atoms with Crippen LogP contribution in [0.3, 0.4) is 0 Å². The lowest BCUT2D eigenvalue weighted by atomic mass is 10.2. The van der Waals surface area contributed by atoms with E-state index in [1.807, 2.05) is 6.92 Å². The number of halogens is 1. The van der Waals surface area contributed by atoms with Gasteiger partial charge >= 0.3 is 16.9 Å². The molecule has 0 saturated carbocycles. The summed E-state index contributed by atoms with van der Waals surface area (Å²) in [5.74, 6) is -0.355. The van der Waals surface area contributed by atoms with Crippen molar-refractivity contribution in [1.29, 1.82) is 0 Å². The molecule has 1 unspecified atom stereocenters. The summed E-state index contributed by atoms with van der Waals surface area (Å²) in [5, 5.41) is 16.0. The Morgan fingerprint density at radius 3 is 2.65 bits per heavy atom. The van der Waals surface area contributed by atoms with E-state index in [9.17, 15) is 24.1 Å². The highest BCUT2D eigenvalue weighted by atomic mass is 19.1. The summed E-state index contributed by atoms with van der Waals surface area (Å²) in [6.07, 6.45) is 6.31. The van der Waals surface area contributed by atoms with E-state index in [2.05, 4.69) is 5.10 Å². The lowest BCUT2D eigenvalue weighted by molar-refractivity contribution is -0.387. The lowest BCUT2D eigenvalue weighted by Gasteiger charge is -2.18. The van der Waals surface area contributed by atoms with Crippen LogP contribution in [0.5, 0.6) is 0 Å². The predicted octanol–water partition coefficient (Wildman–Crippen LogP) is 3.44. The van der Waals surface area contributed by atoms with Crippen molar-refractivity contribution in [3.05, 3.63) is 90.2 Å². The molecule has 11 heteroatoms. The molecule has 0 N–H and O–H groups in total. The van der Waals surface area contributed by atoms with Crippen molar-refractivity contribution in [1.82, 2.24) is 18.9 Å². The number of nitrogens with zero attached hydrogens (tertiary/aromatic N) is 5. The van der Waals surface area contributed by atoms with Crippen LogP contribution in [0.25, 0.3) is 12.2 Å². The minimum absolute atomic E-state index is 0.0677. The third kappa shape index (κ3) is 5.20. The molecule has 3 aromatic rings. The summed E-state index contributed by atoms with van der Waals surface area (Å²) in [6.45, 7) is 3.71. The number of hydrogen-bond donors (Lipinski definition) is 0. The Balaban J connectivity index is 2.06. The van der Waals surface area contributed by atoms with Crippen molar-refractivity contribution in [2.45, 2.75) is 46.0 Å². The smallest absolute Gasteiger partial charge is 0.357 e. The summed E-state index contributed by atoms with van der Waals surface area (Å²) in [5.41, 5.74) is -1.54. The van der Waals surface area contributed by atoms with Crippen LogP contribution >= 0.6 is 0 Å². The topological polar surface area (TPSA) is 114 Å². The normalized spacial score (nSPS) is 12.4. The van der Waals surface area contributed by atoms with E-state index in [0.717, 1.165) is 9.13 Å². The number of rotatable bonds is 10. The molecule has 0 aliphatic carbocycles. The van der Waals surface area contributed by atoms with Gasteiger partial charge in [-0.15, -0.1) is 0 Å². The first-order valence-electron chi connectivity index (χ1n) is 10.8. The SMILES string of the molecule is CCCCn1c(=O)c([N+](=O)[O-])c(/C=C/c2cnn(Cc3ccccc3F)c2)n(C(C)OC)c1=O. The molecule has 0 spiro atoms. The maximum atomic E-state index is 13.9. The van der Waals surface area contributed by atoms with Gasteiger partial charge in [0.1, 0.15) is 17.7 Å². The highest BCUT2D eigenvalue weighted by Gasteiger charge is 2.28. The number of unbranched alkanes of at least 4 members (excludes halogenated alkanes) is 1. The van der Waals surface area contributed by atoms with E-state index in [4.69, 9.17) is 4.74 Å². The van der Waals surface area contributed by atoms with Gasteiger partial charge in [0.05, 0.1) is 17.7 Å². The second-order valence-corrected chi connectivity index (χ2v) is 7.68. The molecule has 0 aliphatic rings. The Bertz CT molecular complexity index is 1320. The van der Waals surface area contributed by atoms with Gasteiger partial charge in [0.2, 0.25) is 0 Å². The fourth-order valence-corrected chi connectivity index (χ4v) is 3.50. The van der Waals surface area contributed by atoms with Crippen molar-refractivity contribution in [2.24, 2.45) is 0 Å². The molecule has 0 radical (unpaired) electrons. The standard InChI is InChI=1S/C23H26FN5O5/c1-4-5-12-27-22(30)21(29(32)33)20(28(23(27)31)16(2)34-3)11-10-17-13-25-26(14-17)15-18-8-6-7-9-19(18)24/h6-11,13-14,16H,4-5,12,15H2,1-3H3/b11-10+. The number of nitro groups is 1. The summed E-state index contributed by atoms with van der Waals surface area (Å²) >= 11 is 0. The van der Waals surface area contributed by atoms with Crippen molar-refractivity contribution >= 4 is 17.8 Å². The quantitative estimate of drug-likeness (QED) is 0.331. The maximum absolute atomic E-state index is 13.9. The molecule has 0 aliphatic heterocycles. The molecular weight excluding hydrogens is 445 g/mol. The predicted molar refractivity (Wildman–Crippen MR) is 125 cm³/mol. The summed E-state index contributed by atoms with van der Waals surface area (Å²) in [7, 11) is 1.37. The first-order valence-corrected chi connectivity index (χ1v) is 10.8. The second-order valence-electron chi connectivity index (χ2n) is 7.68. The van der Waals surface area contributed by atoms with Crippen LogP contribution in [0, 0.1) is 15.9 Å². The van der Waals surface area contributed by atoms with Crippen LogP contribution in [-0.4, -0.2) is 30.9 Å². The fourth-order valence-electron chi connectivity index (χ4n) is 3.50. The van der Waals surface area contributed by atoms with Gasteiger partial charge in [0.15, 0.2) is 0 Å². The number of benzene rings is 1. The van der Waals surface area contributed by atoms with E-state index in [1.54, 1.807) is 31.3 Å². The van der Waals surface area contributed by atoms with E-state index in [-0.39, 0.29) is 24.6 Å². The molecule has 1 atom stereocenters. The van der Waals surface area contributed by atoms with Crippen LogP contribution in [-0.2, 0) is 17.8 Å². The van der Waals surface area contributed by atoms with Gasteiger partial charge in [-0.25, -0.2) is 9.18 Å². The second kappa shape index (κ2) is 10.8. The largest absolute Gasteiger partial charge is 0.361 e. The third-order valence-electron chi connectivity index (χ3n) is 5.39. The van der Waals surface area contributed by atoms with Crippen molar-refractivity contribution in [2.75, 3.05) is 7.11 Å². The Labute approximate surface area is 194 Å². The van der Waals surface area contributed by atoms with Gasteiger partial charge in [-0.05, 0) is 31.6 Å². The highest BCUT2D eigenvalue weighted by Crippen LogP contribution is 2.20. The van der Waals surface area contributed by atoms with E-state index in [1.165, 1.54) is 36.2 Å². The molecule has 0 amide bonds. The average Bonchev–Trinajstić information content (AvgIpc) is 3.25. The van der Waals surface area contributed by atoms with E-state index >= 15 is 0 Å². The molecule has 0 bridgehead atoms. The van der Waals surface area contributed by atoms with Gasteiger partial charge in [0, 0.05) is 31.0 Å². The summed E-state index contributed by atoms with van der Waals surface area (Å²) < 4.78 is 22.7. The highest BCUT2D eigenvalue weighted by molar-refractivity contribution is 5.71. The zero-order chi connectivity index (χ0) is 24.8. The minimum atomic E-state index is -0.960. The molecule has 0 saturated heterocycles. The van der Waals surface area contributed by atoms with Gasteiger partial charge in [-0.2, -0.15) is 5.10 Å². The Morgan fingerprint density at radius 2 is 2.00 bits per heavy atom. The molecule has 180 valence electrons. The number of methoxy groups -OCH3 is 1. The fraction of sp³-hybridized carbons (Fsp3) is 0.348. The zero-order valence-electron chi connectivity index (χ0n) is 19.2. The average molecular weight is 471 g/mol. The molecule has 0 fully saturated rings. The van der Waals surface area contributed by atoms with Crippen LogP contribution in [0.2, 0.25) is 0 Å². The molecule has 3 rings (SSSR count). The maximum Gasteiger partial charge on any atom is 0.357 e. The van der Waals surface area contributed by atoms with Gasteiger partial charge in [0.25, 0.3) is 0 Å². The van der Waals surface area contributed by atoms with Gasteiger partial charge in [-0.1, -0.05) is 31.5 Å². The third-order valence-corrected chi connectivity index (χ3v) is 5.39. The van der Waals surface area contributed by atoms with Crippen LogP contribution < -0.4 is 11.2 Å². The molecule has 2 heterocycles. The van der Waals surface area contributed by atoms with E-state index in [0.29, 0.717) is 24.0 Å². The lowest BCUT2D eigenvalue weighted by Crippen LogP contribution is -2.43. The van der Waals surface area contributed by atoms with Crippen LogP contribution in [0.4, 0.5) is 10.1 Å². The van der Waals surface area contributed by atoms with Crippen molar-refractivity contribution in [3.8, 4) is 0 Å². The van der Waals surface area contributed by atoms with Gasteiger partial charge in [-0.3, -0.25) is 28.7 Å². The van der Waals surface area contributed by atoms with Crippen molar-refractivity contribution < 1.29 is 14.1 Å². The van der Waals surface area contributed by atoms with Gasteiger partial charge < -0.3 is 4.74 Å². The number of ether oxygens (including phenoxy) is 1. The van der Waals surface area contributed by atoms with Crippen LogP contribution in [0.15, 0.2) is 46.2 Å². The molecular formula is C23H26FN5O5. The first-order chi connectivity index (χ1) is 16.3. The zero-order valence-corrected chi connectivity index (χ0v) is 19.2. The minimum Gasteiger partial charge on any atom is -0.361 e. The van der Waals surface area contributed by atoms with Crippen molar-refractivity contribution in [3.63, 3.8) is 0 Å². The molecule has 1 aromatic carbocycles.